The highest BCUT2D eigenvalue weighted by Crippen LogP contribution is 2.11. The molecule has 23 heavy (non-hydrogen) atoms. The second kappa shape index (κ2) is 15.0. The molecule has 0 unspecified atom stereocenters. The summed E-state index contributed by atoms with van der Waals surface area (Å²) < 4.78 is 0. The molecule has 1 aliphatic heterocycles. The molecular weight excluding hydrogens is 403 g/mol. The van der Waals surface area contributed by atoms with Crippen molar-refractivity contribution < 1.29 is 4.79 Å². The highest BCUT2D eigenvalue weighted by Gasteiger charge is 2.15. The molecule has 136 valence electrons. The van der Waals surface area contributed by atoms with Crippen LogP contribution in [-0.4, -0.2) is 49.5 Å². The van der Waals surface area contributed by atoms with E-state index in [9.17, 15) is 4.79 Å². The van der Waals surface area contributed by atoms with Gasteiger partial charge in [-0.15, -0.1) is 24.0 Å². The summed E-state index contributed by atoms with van der Waals surface area (Å²) in [5, 5.41) is 6.65. The second-order valence-electron chi connectivity index (χ2n) is 5.94. The number of hydrogen-bond donors (Lipinski definition) is 2. The predicted octanol–water partition coefficient (Wildman–Crippen LogP) is 3.14. The van der Waals surface area contributed by atoms with Crippen LogP contribution in [0.5, 0.6) is 0 Å². The van der Waals surface area contributed by atoms with Gasteiger partial charge in [-0.1, -0.05) is 26.2 Å². The van der Waals surface area contributed by atoms with Gasteiger partial charge in [0, 0.05) is 39.1 Å². The first kappa shape index (κ1) is 22.5. The Morgan fingerprint density at radius 1 is 1.13 bits per heavy atom. The summed E-state index contributed by atoms with van der Waals surface area (Å²) in [4.78, 5) is 18.5. The number of carbonyl (C=O) groups excluding carboxylic acids is 1. The van der Waals surface area contributed by atoms with Gasteiger partial charge in [-0.05, 0) is 32.6 Å². The summed E-state index contributed by atoms with van der Waals surface area (Å²) in [6, 6.07) is 0. The Bertz CT molecular complexity index is 337. The molecule has 0 spiro atoms. The molecule has 0 aromatic carbocycles. The first-order valence-electron chi connectivity index (χ1n) is 9.07. The first-order valence-corrected chi connectivity index (χ1v) is 9.07. The number of rotatable bonds is 9. The number of amides is 1. The normalized spacial score (nSPS) is 15.8. The molecule has 0 aromatic rings. The van der Waals surface area contributed by atoms with Gasteiger partial charge in [0.05, 0.1) is 0 Å². The largest absolute Gasteiger partial charge is 0.357 e. The van der Waals surface area contributed by atoms with Gasteiger partial charge in [0.15, 0.2) is 5.96 Å². The van der Waals surface area contributed by atoms with Crippen LogP contribution in [0.3, 0.4) is 0 Å². The fraction of sp³-hybridized carbons (Fsp3) is 0.882. The van der Waals surface area contributed by atoms with E-state index in [-0.39, 0.29) is 24.0 Å². The Morgan fingerprint density at radius 2 is 1.96 bits per heavy atom. The zero-order valence-electron chi connectivity index (χ0n) is 14.9. The third kappa shape index (κ3) is 10.8. The number of nitrogens with one attached hydrogen (secondary N) is 2. The Labute approximate surface area is 159 Å². The van der Waals surface area contributed by atoms with E-state index in [1.807, 2.05) is 4.90 Å². The van der Waals surface area contributed by atoms with Crippen LogP contribution in [0.4, 0.5) is 0 Å². The lowest BCUT2D eigenvalue weighted by molar-refractivity contribution is -0.130. The van der Waals surface area contributed by atoms with Gasteiger partial charge >= 0.3 is 0 Å². The summed E-state index contributed by atoms with van der Waals surface area (Å²) in [7, 11) is 0. The topological polar surface area (TPSA) is 56.7 Å². The molecule has 5 nitrogen and oxygen atoms in total. The number of guanidine groups is 1. The standard InChI is InChI=1S/C17H34N4O.HI/c1-3-5-8-12-19-17(18-4-2)20-13-10-15-21-14-9-6-7-11-16(21)22;/h3-15H2,1-2H3,(H2,18,19,20);1H. The van der Waals surface area contributed by atoms with Crippen LogP contribution in [0.15, 0.2) is 4.99 Å². The molecule has 1 saturated heterocycles. The zero-order chi connectivity index (χ0) is 16.0. The van der Waals surface area contributed by atoms with E-state index >= 15 is 0 Å². The molecule has 0 radical (unpaired) electrons. The fourth-order valence-corrected chi connectivity index (χ4v) is 2.65. The van der Waals surface area contributed by atoms with Gasteiger partial charge in [0.2, 0.25) is 5.91 Å². The number of likely N-dealkylation sites (tertiary alicyclic amines) is 1. The maximum absolute atomic E-state index is 11.9. The second-order valence-corrected chi connectivity index (χ2v) is 5.94. The van der Waals surface area contributed by atoms with Gasteiger partial charge in [-0.2, -0.15) is 0 Å². The van der Waals surface area contributed by atoms with Crippen LogP contribution in [-0.2, 0) is 4.79 Å². The van der Waals surface area contributed by atoms with Gasteiger partial charge in [-0.25, -0.2) is 0 Å². The van der Waals surface area contributed by atoms with E-state index in [4.69, 9.17) is 0 Å². The molecule has 0 bridgehead atoms. The molecule has 0 atom stereocenters. The number of unbranched alkanes of at least 4 members (excludes halogenated alkanes) is 2. The Balaban J connectivity index is 0.00000484. The maximum atomic E-state index is 11.9. The third-order valence-electron chi connectivity index (χ3n) is 3.94. The molecule has 1 rings (SSSR count). The lowest BCUT2D eigenvalue weighted by Crippen LogP contribution is -2.38. The van der Waals surface area contributed by atoms with E-state index in [1.165, 1.54) is 25.7 Å². The van der Waals surface area contributed by atoms with Crippen LogP contribution in [0.1, 0.15) is 65.2 Å². The zero-order valence-corrected chi connectivity index (χ0v) is 17.2. The number of nitrogens with zero attached hydrogens (tertiary/aromatic N) is 2. The van der Waals surface area contributed by atoms with Crippen LogP contribution >= 0.6 is 24.0 Å². The van der Waals surface area contributed by atoms with Crippen molar-refractivity contribution in [3.63, 3.8) is 0 Å². The minimum atomic E-state index is 0. The molecule has 0 aromatic heterocycles. The molecular formula is C17H35IN4O. The molecule has 0 saturated carbocycles. The van der Waals surface area contributed by atoms with Crippen molar-refractivity contribution in [3.05, 3.63) is 0 Å². The summed E-state index contributed by atoms with van der Waals surface area (Å²) in [5.74, 6) is 1.23. The van der Waals surface area contributed by atoms with Crippen molar-refractivity contribution in [2.75, 3.05) is 32.7 Å². The van der Waals surface area contributed by atoms with Gasteiger partial charge in [-0.3, -0.25) is 9.79 Å². The minimum Gasteiger partial charge on any atom is -0.357 e. The highest BCUT2D eigenvalue weighted by molar-refractivity contribution is 14.0. The Kier molecular flexibility index (Phi) is 14.7. The maximum Gasteiger partial charge on any atom is 0.222 e. The van der Waals surface area contributed by atoms with Crippen molar-refractivity contribution in [1.29, 1.82) is 0 Å². The molecule has 1 fully saturated rings. The summed E-state index contributed by atoms with van der Waals surface area (Å²) in [5.41, 5.74) is 0. The van der Waals surface area contributed by atoms with Crippen LogP contribution in [0.2, 0.25) is 0 Å². The van der Waals surface area contributed by atoms with Crippen molar-refractivity contribution in [1.82, 2.24) is 15.5 Å². The van der Waals surface area contributed by atoms with Gasteiger partial charge < -0.3 is 15.5 Å². The Morgan fingerprint density at radius 3 is 2.70 bits per heavy atom. The van der Waals surface area contributed by atoms with Gasteiger partial charge in [0.1, 0.15) is 0 Å². The molecule has 0 aliphatic carbocycles. The monoisotopic (exact) mass is 438 g/mol. The van der Waals surface area contributed by atoms with Crippen LogP contribution in [0.25, 0.3) is 0 Å². The molecule has 1 amide bonds. The minimum absolute atomic E-state index is 0. The average Bonchev–Trinajstić information content (AvgIpc) is 2.72. The number of aliphatic imine (C=N–C) groups is 1. The fourth-order valence-electron chi connectivity index (χ4n) is 2.65. The highest BCUT2D eigenvalue weighted by atomic mass is 127. The van der Waals surface area contributed by atoms with E-state index in [2.05, 4.69) is 29.5 Å². The van der Waals surface area contributed by atoms with Gasteiger partial charge in [0.25, 0.3) is 0 Å². The number of carbonyl (C=O) groups is 1. The summed E-state index contributed by atoms with van der Waals surface area (Å²) in [6.45, 7) is 8.69. The lowest BCUT2D eigenvalue weighted by Gasteiger charge is -2.20. The van der Waals surface area contributed by atoms with Crippen molar-refractivity contribution in [2.45, 2.75) is 65.2 Å². The van der Waals surface area contributed by atoms with E-state index in [0.717, 1.165) is 64.4 Å². The quantitative estimate of drug-likeness (QED) is 0.252. The van der Waals surface area contributed by atoms with Crippen LogP contribution < -0.4 is 10.6 Å². The SMILES string of the molecule is CCCCCNC(=NCCCN1CCCCCC1=O)NCC.I. The predicted molar refractivity (Wildman–Crippen MR) is 109 cm³/mol. The molecule has 1 heterocycles. The first-order chi connectivity index (χ1) is 10.8. The molecule has 2 N–H and O–H groups in total. The average molecular weight is 438 g/mol. The van der Waals surface area contributed by atoms with Crippen molar-refractivity contribution in [2.24, 2.45) is 4.99 Å². The van der Waals surface area contributed by atoms with Crippen molar-refractivity contribution >= 4 is 35.8 Å². The third-order valence-corrected chi connectivity index (χ3v) is 3.94. The van der Waals surface area contributed by atoms with E-state index in [1.54, 1.807) is 0 Å². The lowest BCUT2D eigenvalue weighted by atomic mass is 10.2. The number of hydrogen-bond acceptors (Lipinski definition) is 2. The molecule has 1 aliphatic rings. The van der Waals surface area contributed by atoms with E-state index in [0.29, 0.717) is 5.91 Å². The summed E-state index contributed by atoms with van der Waals surface area (Å²) >= 11 is 0. The molecule has 6 heteroatoms. The van der Waals surface area contributed by atoms with Crippen LogP contribution in [0, 0.1) is 0 Å². The van der Waals surface area contributed by atoms with Crippen molar-refractivity contribution in [3.8, 4) is 0 Å². The Hall–Kier alpha value is -0.530. The summed E-state index contributed by atoms with van der Waals surface area (Å²) in [6.07, 6.45) is 8.73. The number of halogens is 1. The van der Waals surface area contributed by atoms with E-state index < -0.39 is 0 Å². The smallest absolute Gasteiger partial charge is 0.222 e.